The number of rotatable bonds is 6. The molecule has 0 aliphatic heterocycles. The van der Waals surface area contributed by atoms with E-state index in [-0.39, 0.29) is 11.7 Å². The van der Waals surface area contributed by atoms with Crippen LogP contribution in [0.4, 0.5) is 0 Å². The van der Waals surface area contributed by atoms with Gasteiger partial charge in [0.25, 0.3) is 0 Å². The van der Waals surface area contributed by atoms with Gasteiger partial charge >= 0.3 is 0 Å². The highest BCUT2D eigenvalue weighted by Gasteiger charge is 2.12. The van der Waals surface area contributed by atoms with E-state index in [1.165, 1.54) is 25.3 Å². The molecular formula is C8H18N2O3S. The maximum Gasteiger partial charge on any atom is 0.216 e. The van der Waals surface area contributed by atoms with Gasteiger partial charge in [0.05, 0.1) is 5.75 Å². The molecule has 0 spiro atoms. The average molecular weight is 222 g/mol. The first-order valence-electron chi connectivity index (χ1n) is 4.51. The number of carbonyl (C=O) groups excluding carboxylic acids is 1. The van der Waals surface area contributed by atoms with Gasteiger partial charge in [-0.2, -0.15) is 0 Å². The van der Waals surface area contributed by atoms with E-state index >= 15 is 0 Å². The zero-order valence-electron chi connectivity index (χ0n) is 8.91. The Hall–Kier alpha value is -0.620. The topological polar surface area (TPSA) is 66.5 Å². The molecule has 6 heteroatoms. The van der Waals surface area contributed by atoms with Crippen molar-refractivity contribution in [3.8, 4) is 0 Å². The maximum absolute atomic E-state index is 11.3. The van der Waals surface area contributed by atoms with Crippen molar-refractivity contribution >= 4 is 15.9 Å². The lowest BCUT2D eigenvalue weighted by Gasteiger charge is -2.10. The Balaban J connectivity index is 3.60. The number of unbranched alkanes of at least 4 members (excludes halogenated alkanes) is 1. The second-order valence-corrected chi connectivity index (χ2v) is 5.59. The molecule has 0 aromatic heterocycles. The van der Waals surface area contributed by atoms with Crippen LogP contribution in [0.15, 0.2) is 0 Å². The Kier molecular flexibility index (Phi) is 5.71. The molecule has 0 aromatic carbocycles. The van der Waals surface area contributed by atoms with E-state index in [0.717, 1.165) is 0 Å². The van der Waals surface area contributed by atoms with Crippen molar-refractivity contribution in [3.05, 3.63) is 0 Å². The van der Waals surface area contributed by atoms with Crippen LogP contribution in [-0.2, 0) is 14.8 Å². The van der Waals surface area contributed by atoms with E-state index in [0.29, 0.717) is 19.4 Å². The van der Waals surface area contributed by atoms with Crippen molar-refractivity contribution in [3.63, 3.8) is 0 Å². The molecule has 0 saturated heterocycles. The number of amides is 1. The molecule has 0 saturated carbocycles. The lowest BCUT2D eigenvalue weighted by Crippen LogP contribution is -2.26. The third kappa shape index (κ3) is 5.93. The van der Waals surface area contributed by atoms with Gasteiger partial charge in [-0.25, -0.2) is 12.7 Å². The fourth-order valence-electron chi connectivity index (χ4n) is 0.856. The third-order valence-corrected chi connectivity index (χ3v) is 3.68. The summed E-state index contributed by atoms with van der Waals surface area (Å²) >= 11 is 0. The molecule has 0 aliphatic rings. The van der Waals surface area contributed by atoms with Crippen molar-refractivity contribution < 1.29 is 13.2 Å². The van der Waals surface area contributed by atoms with Gasteiger partial charge < -0.3 is 5.32 Å². The van der Waals surface area contributed by atoms with Crippen LogP contribution in [0.1, 0.15) is 19.8 Å². The number of hydrogen-bond acceptors (Lipinski definition) is 3. The summed E-state index contributed by atoms with van der Waals surface area (Å²) in [5.41, 5.74) is 0. The molecular weight excluding hydrogens is 204 g/mol. The minimum Gasteiger partial charge on any atom is -0.356 e. The van der Waals surface area contributed by atoms with Crippen LogP contribution in [0.25, 0.3) is 0 Å². The Morgan fingerprint density at radius 2 is 1.86 bits per heavy atom. The quantitative estimate of drug-likeness (QED) is 0.633. The number of nitrogens with one attached hydrogen (secondary N) is 1. The molecule has 14 heavy (non-hydrogen) atoms. The summed E-state index contributed by atoms with van der Waals surface area (Å²) in [6.45, 7) is 1.98. The molecule has 0 heterocycles. The number of sulfonamides is 1. The molecule has 0 radical (unpaired) electrons. The van der Waals surface area contributed by atoms with Crippen molar-refractivity contribution in [1.82, 2.24) is 9.62 Å². The highest BCUT2D eigenvalue weighted by Crippen LogP contribution is 1.99. The Morgan fingerprint density at radius 3 is 2.29 bits per heavy atom. The lowest BCUT2D eigenvalue weighted by molar-refractivity contribution is -0.118. The summed E-state index contributed by atoms with van der Waals surface area (Å²) in [6.07, 6.45) is 1.26. The van der Waals surface area contributed by atoms with Crippen LogP contribution in [0.3, 0.4) is 0 Å². The lowest BCUT2D eigenvalue weighted by atomic mass is 10.3. The van der Waals surface area contributed by atoms with Crippen LogP contribution < -0.4 is 5.32 Å². The van der Waals surface area contributed by atoms with Gasteiger partial charge in [0.2, 0.25) is 15.9 Å². The first-order valence-corrected chi connectivity index (χ1v) is 6.12. The van der Waals surface area contributed by atoms with E-state index < -0.39 is 10.0 Å². The third-order valence-electron chi connectivity index (χ3n) is 1.76. The Morgan fingerprint density at radius 1 is 1.29 bits per heavy atom. The van der Waals surface area contributed by atoms with E-state index in [9.17, 15) is 13.2 Å². The van der Waals surface area contributed by atoms with Crippen LogP contribution in [0.5, 0.6) is 0 Å². The summed E-state index contributed by atoms with van der Waals surface area (Å²) in [5, 5.41) is 2.61. The van der Waals surface area contributed by atoms with E-state index in [4.69, 9.17) is 0 Å². The predicted molar refractivity (Wildman–Crippen MR) is 55.4 cm³/mol. The maximum atomic E-state index is 11.3. The minimum atomic E-state index is -3.08. The van der Waals surface area contributed by atoms with Crippen molar-refractivity contribution in [2.24, 2.45) is 0 Å². The number of hydrogen-bond donors (Lipinski definition) is 1. The Labute approximate surface area is 85.5 Å². The molecule has 0 rings (SSSR count). The molecule has 0 unspecified atom stereocenters. The average Bonchev–Trinajstić information content (AvgIpc) is 2.02. The van der Waals surface area contributed by atoms with Gasteiger partial charge in [0.15, 0.2) is 0 Å². The van der Waals surface area contributed by atoms with E-state index in [1.54, 1.807) is 0 Å². The summed E-state index contributed by atoms with van der Waals surface area (Å²) < 4.78 is 23.7. The summed E-state index contributed by atoms with van der Waals surface area (Å²) in [6, 6.07) is 0. The molecule has 0 bridgehead atoms. The largest absolute Gasteiger partial charge is 0.356 e. The van der Waals surface area contributed by atoms with Crippen LogP contribution in [0, 0.1) is 0 Å². The van der Waals surface area contributed by atoms with Crippen LogP contribution >= 0.6 is 0 Å². The Bertz CT molecular complexity index is 272. The normalized spacial score (nSPS) is 11.7. The van der Waals surface area contributed by atoms with Crippen molar-refractivity contribution in [2.45, 2.75) is 19.8 Å². The monoisotopic (exact) mass is 222 g/mol. The molecule has 0 aliphatic carbocycles. The van der Waals surface area contributed by atoms with Gasteiger partial charge in [0.1, 0.15) is 0 Å². The zero-order chi connectivity index (χ0) is 11.2. The SMILES string of the molecule is CC(=O)NCCCCS(=O)(=O)N(C)C. The molecule has 0 atom stereocenters. The number of carbonyl (C=O) groups is 1. The second kappa shape index (κ2) is 5.98. The number of nitrogens with zero attached hydrogens (tertiary/aromatic N) is 1. The van der Waals surface area contributed by atoms with Crippen LogP contribution in [0.2, 0.25) is 0 Å². The molecule has 1 N–H and O–H groups in total. The van der Waals surface area contributed by atoms with Gasteiger partial charge in [0, 0.05) is 27.6 Å². The van der Waals surface area contributed by atoms with E-state index in [2.05, 4.69) is 5.32 Å². The summed E-state index contributed by atoms with van der Waals surface area (Å²) in [7, 11) is -0.0442. The van der Waals surface area contributed by atoms with Crippen LogP contribution in [-0.4, -0.2) is 45.0 Å². The first-order chi connectivity index (χ1) is 6.36. The highest BCUT2D eigenvalue weighted by atomic mass is 32.2. The highest BCUT2D eigenvalue weighted by molar-refractivity contribution is 7.89. The van der Waals surface area contributed by atoms with E-state index in [1.807, 2.05) is 0 Å². The van der Waals surface area contributed by atoms with Gasteiger partial charge in [-0.15, -0.1) is 0 Å². The minimum absolute atomic E-state index is 0.0829. The smallest absolute Gasteiger partial charge is 0.216 e. The molecule has 0 aromatic rings. The summed E-state index contributed by atoms with van der Waals surface area (Å²) in [4.78, 5) is 10.5. The fourth-order valence-corrected chi connectivity index (χ4v) is 1.79. The molecule has 5 nitrogen and oxygen atoms in total. The molecule has 0 fully saturated rings. The summed E-state index contributed by atoms with van der Waals surface area (Å²) in [5.74, 6) is 0.0556. The van der Waals surface area contributed by atoms with Gasteiger partial charge in [-0.05, 0) is 12.8 Å². The first kappa shape index (κ1) is 13.4. The molecule has 1 amide bonds. The van der Waals surface area contributed by atoms with Gasteiger partial charge in [-0.1, -0.05) is 0 Å². The zero-order valence-corrected chi connectivity index (χ0v) is 9.73. The predicted octanol–water partition coefficient (Wildman–Crippen LogP) is -0.206. The van der Waals surface area contributed by atoms with Gasteiger partial charge in [-0.3, -0.25) is 4.79 Å². The fraction of sp³-hybridized carbons (Fsp3) is 0.875. The standard InChI is InChI=1S/C8H18N2O3S/c1-8(11)9-6-4-5-7-14(12,13)10(2)3/h4-7H2,1-3H3,(H,9,11). The van der Waals surface area contributed by atoms with Crippen molar-refractivity contribution in [2.75, 3.05) is 26.4 Å². The second-order valence-electron chi connectivity index (χ2n) is 3.29. The van der Waals surface area contributed by atoms with Crippen molar-refractivity contribution in [1.29, 1.82) is 0 Å². The molecule has 84 valence electrons.